The first kappa shape index (κ1) is 13.1. The topological polar surface area (TPSA) is 15.3 Å². The Morgan fingerprint density at radius 1 is 1.59 bits per heavy atom. The van der Waals surface area contributed by atoms with Gasteiger partial charge in [0.25, 0.3) is 0 Å². The van der Waals surface area contributed by atoms with E-state index in [0.29, 0.717) is 6.04 Å². The molecule has 17 heavy (non-hydrogen) atoms. The van der Waals surface area contributed by atoms with Crippen molar-refractivity contribution in [1.82, 2.24) is 10.2 Å². The maximum absolute atomic E-state index is 3.61. The second kappa shape index (κ2) is 6.53. The molecule has 0 bridgehead atoms. The number of rotatable bonds is 6. The number of hydrogen-bond donors (Lipinski definition) is 1. The van der Waals surface area contributed by atoms with Crippen LogP contribution in [0.3, 0.4) is 0 Å². The summed E-state index contributed by atoms with van der Waals surface area (Å²) in [6, 6.07) is 4.84. The van der Waals surface area contributed by atoms with Crippen LogP contribution in [0.25, 0.3) is 0 Å². The zero-order chi connectivity index (χ0) is 12.1. The molecule has 1 saturated heterocycles. The van der Waals surface area contributed by atoms with Crippen LogP contribution in [0.5, 0.6) is 0 Å². The fraction of sp³-hybridized carbons (Fsp3) is 0.714. The molecule has 2 heterocycles. The fourth-order valence-electron chi connectivity index (χ4n) is 2.53. The minimum atomic E-state index is 0.500. The van der Waals surface area contributed by atoms with Gasteiger partial charge in [-0.05, 0) is 37.3 Å². The number of hydrogen-bond acceptors (Lipinski definition) is 3. The summed E-state index contributed by atoms with van der Waals surface area (Å²) in [5.74, 6) is 0.949. The predicted molar refractivity (Wildman–Crippen MR) is 75.6 cm³/mol. The summed E-state index contributed by atoms with van der Waals surface area (Å²) in [6.07, 6.45) is 2.74. The Balaban J connectivity index is 1.63. The van der Waals surface area contributed by atoms with E-state index in [1.807, 2.05) is 11.3 Å². The molecule has 1 aromatic heterocycles. The zero-order valence-electron chi connectivity index (χ0n) is 11.0. The molecule has 1 fully saturated rings. The van der Waals surface area contributed by atoms with E-state index in [-0.39, 0.29) is 0 Å². The van der Waals surface area contributed by atoms with Gasteiger partial charge in [-0.3, -0.25) is 0 Å². The van der Waals surface area contributed by atoms with Crippen LogP contribution < -0.4 is 5.32 Å². The van der Waals surface area contributed by atoms with Crippen LogP contribution in [0.1, 0.15) is 37.6 Å². The molecular formula is C14H24N2S. The van der Waals surface area contributed by atoms with Crippen LogP contribution in [0.2, 0.25) is 0 Å². The number of likely N-dealkylation sites (tertiary alicyclic amines) is 1. The SMILES string of the molecule is CCC1CCN(CCNC(C)c2cccs2)C1. The Morgan fingerprint density at radius 2 is 2.47 bits per heavy atom. The van der Waals surface area contributed by atoms with Gasteiger partial charge in [0, 0.05) is 30.6 Å². The van der Waals surface area contributed by atoms with Gasteiger partial charge in [-0.2, -0.15) is 0 Å². The summed E-state index contributed by atoms with van der Waals surface area (Å²) in [7, 11) is 0. The van der Waals surface area contributed by atoms with E-state index >= 15 is 0 Å². The van der Waals surface area contributed by atoms with Gasteiger partial charge in [0.2, 0.25) is 0 Å². The molecular weight excluding hydrogens is 228 g/mol. The summed E-state index contributed by atoms with van der Waals surface area (Å²) < 4.78 is 0. The lowest BCUT2D eigenvalue weighted by molar-refractivity contribution is 0.316. The van der Waals surface area contributed by atoms with Gasteiger partial charge in [0.15, 0.2) is 0 Å². The standard InChI is InChI=1S/C14H24N2S/c1-3-13-6-8-16(11-13)9-7-15-12(2)14-5-4-10-17-14/h4-5,10,12-13,15H,3,6-9,11H2,1-2H3. The van der Waals surface area contributed by atoms with Crippen LogP contribution in [0.4, 0.5) is 0 Å². The Bertz CT molecular complexity index is 310. The number of nitrogens with zero attached hydrogens (tertiary/aromatic N) is 1. The molecule has 0 radical (unpaired) electrons. The molecule has 2 rings (SSSR count). The van der Waals surface area contributed by atoms with E-state index in [2.05, 4.69) is 41.6 Å². The van der Waals surface area contributed by atoms with Crippen molar-refractivity contribution >= 4 is 11.3 Å². The van der Waals surface area contributed by atoms with Crippen LogP contribution in [-0.2, 0) is 0 Å². The van der Waals surface area contributed by atoms with E-state index in [9.17, 15) is 0 Å². The van der Waals surface area contributed by atoms with Gasteiger partial charge >= 0.3 is 0 Å². The smallest absolute Gasteiger partial charge is 0.0386 e. The molecule has 1 aliphatic rings. The molecule has 3 heteroatoms. The van der Waals surface area contributed by atoms with Crippen molar-refractivity contribution in [2.45, 2.75) is 32.7 Å². The molecule has 0 aliphatic carbocycles. The lowest BCUT2D eigenvalue weighted by Gasteiger charge is -2.18. The van der Waals surface area contributed by atoms with Crippen molar-refractivity contribution in [1.29, 1.82) is 0 Å². The first-order valence-corrected chi connectivity index (χ1v) is 7.66. The summed E-state index contributed by atoms with van der Waals surface area (Å²) in [4.78, 5) is 4.04. The Morgan fingerprint density at radius 3 is 3.12 bits per heavy atom. The monoisotopic (exact) mass is 252 g/mol. The lowest BCUT2D eigenvalue weighted by atomic mass is 10.1. The van der Waals surface area contributed by atoms with Gasteiger partial charge < -0.3 is 10.2 Å². The van der Waals surface area contributed by atoms with Gasteiger partial charge in [0.05, 0.1) is 0 Å². The Hall–Kier alpha value is -0.380. The van der Waals surface area contributed by atoms with Crippen LogP contribution in [0, 0.1) is 5.92 Å². The average Bonchev–Trinajstić information content (AvgIpc) is 3.00. The maximum atomic E-state index is 3.61. The summed E-state index contributed by atoms with van der Waals surface area (Å²) in [6.45, 7) is 9.48. The van der Waals surface area contributed by atoms with Crippen LogP contribution in [-0.4, -0.2) is 31.1 Å². The summed E-state index contributed by atoms with van der Waals surface area (Å²) in [5, 5.41) is 5.77. The Kier molecular flexibility index (Phi) is 5.01. The van der Waals surface area contributed by atoms with Gasteiger partial charge in [0.1, 0.15) is 0 Å². The molecule has 0 saturated carbocycles. The second-order valence-corrected chi connectivity index (χ2v) is 6.03. The highest BCUT2D eigenvalue weighted by atomic mass is 32.1. The van der Waals surface area contributed by atoms with E-state index in [1.54, 1.807) is 0 Å². The van der Waals surface area contributed by atoms with Crippen LogP contribution >= 0.6 is 11.3 Å². The zero-order valence-corrected chi connectivity index (χ0v) is 11.8. The van der Waals surface area contributed by atoms with E-state index in [1.165, 1.54) is 37.4 Å². The minimum Gasteiger partial charge on any atom is -0.308 e. The van der Waals surface area contributed by atoms with Crippen molar-refractivity contribution in [3.63, 3.8) is 0 Å². The quantitative estimate of drug-likeness (QED) is 0.837. The van der Waals surface area contributed by atoms with Crippen molar-refractivity contribution in [3.8, 4) is 0 Å². The predicted octanol–water partition coefficient (Wildman–Crippen LogP) is 3.13. The molecule has 2 nitrogen and oxygen atoms in total. The highest BCUT2D eigenvalue weighted by Gasteiger charge is 2.20. The van der Waals surface area contributed by atoms with E-state index in [0.717, 1.165) is 12.5 Å². The second-order valence-electron chi connectivity index (χ2n) is 5.05. The van der Waals surface area contributed by atoms with Gasteiger partial charge in [-0.15, -0.1) is 11.3 Å². The van der Waals surface area contributed by atoms with E-state index in [4.69, 9.17) is 0 Å². The number of thiophene rings is 1. The highest BCUT2D eigenvalue weighted by molar-refractivity contribution is 7.10. The van der Waals surface area contributed by atoms with E-state index < -0.39 is 0 Å². The van der Waals surface area contributed by atoms with Crippen LogP contribution in [0.15, 0.2) is 17.5 Å². The molecule has 1 N–H and O–H groups in total. The van der Waals surface area contributed by atoms with Gasteiger partial charge in [-0.1, -0.05) is 19.4 Å². The fourth-order valence-corrected chi connectivity index (χ4v) is 3.29. The van der Waals surface area contributed by atoms with Crippen molar-refractivity contribution in [2.75, 3.05) is 26.2 Å². The average molecular weight is 252 g/mol. The summed E-state index contributed by atoms with van der Waals surface area (Å²) in [5.41, 5.74) is 0. The normalized spacial score (nSPS) is 23.1. The molecule has 2 atom stereocenters. The number of nitrogens with one attached hydrogen (secondary N) is 1. The molecule has 0 aromatic carbocycles. The Labute approximate surface area is 109 Å². The van der Waals surface area contributed by atoms with Crippen molar-refractivity contribution in [3.05, 3.63) is 22.4 Å². The first-order chi connectivity index (χ1) is 8.29. The molecule has 96 valence electrons. The molecule has 2 unspecified atom stereocenters. The maximum Gasteiger partial charge on any atom is 0.0386 e. The van der Waals surface area contributed by atoms with Crippen molar-refractivity contribution in [2.24, 2.45) is 5.92 Å². The third-order valence-corrected chi connectivity index (χ3v) is 4.85. The van der Waals surface area contributed by atoms with Gasteiger partial charge in [-0.25, -0.2) is 0 Å². The third-order valence-electron chi connectivity index (χ3n) is 3.80. The van der Waals surface area contributed by atoms with Crippen molar-refractivity contribution < 1.29 is 0 Å². The highest BCUT2D eigenvalue weighted by Crippen LogP contribution is 2.19. The molecule has 1 aliphatic heterocycles. The largest absolute Gasteiger partial charge is 0.308 e. The lowest BCUT2D eigenvalue weighted by Crippen LogP contribution is -2.31. The summed E-state index contributed by atoms with van der Waals surface area (Å²) >= 11 is 1.84. The third kappa shape index (κ3) is 3.80. The molecule has 0 amide bonds. The minimum absolute atomic E-state index is 0.500. The molecule has 1 aromatic rings. The molecule has 0 spiro atoms. The first-order valence-electron chi connectivity index (χ1n) is 6.78.